The zero-order valence-electron chi connectivity index (χ0n) is 24.4. The Morgan fingerprint density at radius 2 is 1.77 bits per heavy atom. The lowest BCUT2D eigenvalue weighted by Crippen LogP contribution is -2.63. The summed E-state index contributed by atoms with van der Waals surface area (Å²) in [5, 5.41) is 47.3. The van der Waals surface area contributed by atoms with Gasteiger partial charge in [-0.05, 0) is 71.3 Å². The number of aliphatic hydroxyl groups is 3. The van der Waals surface area contributed by atoms with Gasteiger partial charge in [0, 0.05) is 17.2 Å². The van der Waals surface area contributed by atoms with E-state index in [2.05, 4.69) is 5.32 Å². The fraction of sp³-hybridized carbons (Fsp3) is 0.483. The van der Waals surface area contributed by atoms with E-state index in [1.54, 1.807) is 20.8 Å². The molecule has 0 fully saturated rings. The summed E-state index contributed by atoms with van der Waals surface area (Å²) in [5.41, 5.74) is 1.03. The summed E-state index contributed by atoms with van der Waals surface area (Å²) in [5.74, 6) is -8.84. The molecule has 0 aromatic heterocycles. The molecule has 7 N–H and O–H groups in total. The van der Waals surface area contributed by atoms with Crippen molar-refractivity contribution in [3.05, 3.63) is 45.9 Å². The van der Waals surface area contributed by atoms with Crippen molar-refractivity contribution >= 4 is 35.1 Å². The molecular formula is C29H35N3O11. The quantitative estimate of drug-likeness (QED) is 0.109. The third-order valence-corrected chi connectivity index (χ3v) is 8.05. The maximum absolute atomic E-state index is 13.7. The molecule has 1 aromatic carbocycles. The Labute approximate surface area is 246 Å². The number of primary amides is 1. The Bertz CT molecular complexity index is 1490. The van der Waals surface area contributed by atoms with Crippen molar-refractivity contribution in [2.24, 2.45) is 23.0 Å². The number of carbonyl (C=O) groups is 5. The van der Waals surface area contributed by atoms with Gasteiger partial charge in [0.05, 0.1) is 17.0 Å². The number of Topliss-reactive ketones (excluding diaryl/α,β-unsaturated/α-hetero) is 2. The molecule has 0 unspecified atom stereocenters. The molecule has 0 radical (unpaired) electrons. The number of carbonyl (C=O) groups excluding carboxylic acids is 5. The molecule has 0 heterocycles. The van der Waals surface area contributed by atoms with Crippen molar-refractivity contribution in [2.45, 2.75) is 45.3 Å². The maximum atomic E-state index is 13.7. The van der Waals surface area contributed by atoms with E-state index in [1.807, 2.05) is 0 Å². The van der Waals surface area contributed by atoms with Crippen LogP contribution in [0.5, 0.6) is 5.75 Å². The standard InChI is InChI=1S/C29H35N3O11/c1-28(2,3)27(40)43-11-42-17(34)10-31-15-6-7-16(33)19-13(15)8-12-9-14-21(32(4)5)23(36)20(26(30)39)25(38)29(14,41)24(37)18(12)22(19)35/h6-7,12,14,21,31,33,36-37,41H,8-11H2,1-5H3,(H2,30,39)/t12-,14-,21-,29-/m0/s1. The zero-order chi connectivity index (χ0) is 32.2. The molecule has 0 bridgehead atoms. The number of aromatic hydroxyl groups is 1. The van der Waals surface area contributed by atoms with E-state index >= 15 is 0 Å². The fourth-order valence-electron chi connectivity index (χ4n) is 6.00. The van der Waals surface area contributed by atoms with Crippen LogP contribution in [0, 0.1) is 17.3 Å². The summed E-state index contributed by atoms with van der Waals surface area (Å²) >= 11 is 0. The van der Waals surface area contributed by atoms with E-state index in [1.165, 1.54) is 31.1 Å². The van der Waals surface area contributed by atoms with Crippen molar-refractivity contribution in [3.8, 4) is 5.75 Å². The minimum absolute atomic E-state index is 0.0313. The number of esters is 2. The van der Waals surface area contributed by atoms with Gasteiger partial charge in [-0.3, -0.25) is 28.9 Å². The fourth-order valence-corrected chi connectivity index (χ4v) is 6.00. The van der Waals surface area contributed by atoms with Crippen molar-refractivity contribution in [2.75, 3.05) is 32.7 Å². The number of allylic oxidation sites excluding steroid dienone is 1. The molecule has 14 heteroatoms. The van der Waals surface area contributed by atoms with Crippen molar-refractivity contribution in [3.63, 3.8) is 0 Å². The first-order valence-corrected chi connectivity index (χ1v) is 13.5. The second kappa shape index (κ2) is 11.0. The van der Waals surface area contributed by atoms with Gasteiger partial charge in [-0.25, -0.2) is 0 Å². The summed E-state index contributed by atoms with van der Waals surface area (Å²) in [6.45, 7) is 3.96. The molecule has 0 saturated heterocycles. The van der Waals surface area contributed by atoms with E-state index in [0.717, 1.165) is 0 Å². The number of amides is 1. The molecule has 43 heavy (non-hydrogen) atoms. The molecule has 4 atom stereocenters. The number of likely N-dealkylation sites (N-methyl/N-ethyl adjacent to an activating group) is 1. The number of nitrogens with one attached hydrogen (secondary N) is 1. The van der Waals surface area contributed by atoms with Crippen LogP contribution in [0.2, 0.25) is 0 Å². The number of hydrogen-bond donors (Lipinski definition) is 6. The van der Waals surface area contributed by atoms with Gasteiger partial charge in [-0.1, -0.05) is 0 Å². The van der Waals surface area contributed by atoms with Gasteiger partial charge in [0.25, 0.3) is 5.91 Å². The zero-order valence-corrected chi connectivity index (χ0v) is 24.4. The topological polar surface area (TPSA) is 226 Å². The van der Waals surface area contributed by atoms with E-state index in [9.17, 15) is 44.4 Å². The van der Waals surface area contributed by atoms with Crippen LogP contribution < -0.4 is 11.1 Å². The van der Waals surface area contributed by atoms with Crippen LogP contribution in [0.25, 0.3) is 0 Å². The van der Waals surface area contributed by atoms with Gasteiger partial charge in [0.15, 0.2) is 11.4 Å². The van der Waals surface area contributed by atoms with Crippen LogP contribution in [0.1, 0.15) is 43.1 Å². The minimum Gasteiger partial charge on any atom is -0.510 e. The van der Waals surface area contributed by atoms with Gasteiger partial charge in [0.2, 0.25) is 12.6 Å². The molecule has 1 aromatic rings. The number of benzene rings is 1. The molecule has 232 valence electrons. The van der Waals surface area contributed by atoms with Crippen molar-refractivity contribution < 1.29 is 53.9 Å². The van der Waals surface area contributed by atoms with Crippen LogP contribution in [0.15, 0.2) is 34.8 Å². The number of ketones is 2. The largest absolute Gasteiger partial charge is 0.510 e. The van der Waals surface area contributed by atoms with Crippen molar-refractivity contribution in [1.29, 1.82) is 0 Å². The van der Waals surface area contributed by atoms with Gasteiger partial charge in [-0.15, -0.1) is 0 Å². The minimum atomic E-state index is -2.74. The average Bonchev–Trinajstić information content (AvgIpc) is 2.89. The summed E-state index contributed by atoms with van der Waals surface area (Å²) in [4.78, 5) is 64.8. The van der Waals surface area contributed by atoms with Gasteiger partial charge >= 0.3 is 11.9 Å². The summed E-state index contributed by atoms with van der Waals surface area (Å²) < 4.78 is 9.86. The maximum Gasteiger partial charge on any atom is 0.328 e. The smallest absolute Gasteiger partial charge is 0.328 e. The van der Waals surface area contributed by atoms with Crippen LogP contribution in [0.4, 0.5) is 5.69 Å². The number of phenolic OH excluding ortho intramolecular Hbond substituents is 1. The molecule has 4 rings (SSSR count). The highest BCUT2D eigenvalue weighted by Crippen LogP contribution is 2.52. The lowest BCUT2D eigenvalue weighted by molar-refractivity contribution is -0.172. The molecule has 3 aliphatic rings. The first-order valence-electron chi connectivity index (χ1n) is 13.5. The second-order valence-corrected chi connectivity index (χ2v) is 12.1. The number of anilines is 1. The second-order valence-electron chi connectivity index (χ2n) is 12.1. The highest BCUT2D eigenvalue weighted by Gasteiger charge is 2.63. The molecule has 1 amide bonds. The third-order valence-electron chi connectivity index (χ3n) is 8.05. The Hall–Kier alpha value is -4.43. The molecule has 0 spiro atoms. The van der Waals surface area contributed by atoms with Gasteiger partial charge in [-0.2, -0.15) is 0 Å². The monoisotopic (exact) mass is 601 g/mol. The van der Waals surface area contributed by atoms with E-state index in [-0.39, 0.29) is 30.5 Å². The highest BCUT2D eigenvalue weighted by molar-refractivity contribution is 6.24. The third kappa shape index (κ3) is 5.20. The predicted octanol–water partition coefficient (Wildman–Crippen LogP) is 0.623. The number of fused-ring (bicyclic) bond motifs is 3. The summed E-state index contributed by atoms with van der Waals surface area (Å²) in [6, 6.07) is 1.53. The van der Waals surface area contributed by atoms with Crippen LogP contribution >= 0.6 is 0 Å². The number of rotatable bonds is 7. The number of phenols is 1. The van der Waals surface area contributed by atoms with Crippen LogP contribution in [-0.4, -0.2) is 93.8 Å². The van der Waals surface area contributed by atoms with E-state index in [0.29, 0.717) is 11.3 Å². The van der Waals surface area contributed by atoms with Crippen molar-refractivity contribution in [1.82, 2.24) is 4.90 Å². The number of aliphatic hydroxyl groups excluding tert-OH is 2. The molecule has 0 aliphatic heterocycles. The number of hydrogen-bond acceptors (Lipinski definition) is 13. The number of ether oxygens (including phenoxy) is 2. The average molecular weight is 602 g/mol. The molecule has 3 aliphatic carbocycles. The Balaban J connectivity index is 1.66. The Morgan fingerprint density at radius 1 is 1.12 bits per heavy atom. The first-order chi connectivity index (χ1) is 19.9. The lowest BCUT2D eigenvalue weighted by atomic mass is 9.58. The Kier molecular flexibility index (Phi) is 8.06. The predicted molar refractivity (Wildman–Crippen MR) is 149 cm³/mol. The first kappa shape index (κ1) is 31.5. The molecule has 14 nitrogen and oxygen atoms in total. The van der Waals surface area contributed by atoms with Gasteiger partial charge < -0.3 is 41.0 Å². The highest BCUT2D eigenvalue weighted by atomic mass is 16.7. The molecular weight excluding hydrogens is 566 g/mol. The summed E-state index contributed by atoms with van der Waals surface area (Å²) in [6.07, 6.45) is -0.0500. The number of nitrogens with two attached hydrogens (primary N) is 1. The van der Waals surface area contributed by atoms with E-state index < -0.39 is 87.9 Å². The SMILES string of the molecule is CN(C)[C@@H]1C(O)=C(C(N)=O)C(=O)[C@@]2(O)C(O)=C3C(=O)c4c(O)ccc(NCC(=O)OCOC(=O)C(C)(C)C)c4C[C@H]3C[C@@H]12. The molecule has 0 saturated carbocycles. The lowest BCUT2D eigenvalue weighted by Gasteiger charge is -2.50. The van der Waals surface area contributed by atoms with E-state index in [4.69, 9.17) is 15.2 Å². The number of nitrogens with zero attached hydrogens (tertiary/aromatic N) is 1. The van der Waals surface area contributed by atoms with Gasteiger partial charge in [0.1, 0.15) is 29.4 Å². The Morgan fingerprint density at radius 3 is 2.35 bits per heavy atom. The summed E-state index contributed by atoms with van der Waals surface area (Å²) in [7, 11) is 3.08. The normalized spacial score (nSPS) is 25.1. The van der Waals surface area contributed by atoms with Crippen LogP contribution in [-0.2, 0) is 35.1 Å². The van der Waals surface area contributed by atoms with Crippen LogP contribution in [0.3, 0.4) is 0 Å².